The Morgan fingerprint density at radius 1 is 1.12 bits per heavy atom. The number of carboxylic acid groups (broad SMARTS) is 1. The number of nitrogens with one attached hydrogen (secondary N) is 2. The first kappa shape index (κ1) is 16.1. The fraction of sp³-hybridized carbons (Fsp3) is 0.118. The highest BCUT2D eigenvalue weighted by Gasteiger charge is 2.32. The van der Waals surface area contributed by atoms with Crippen LogP contribution in [0.3, 0.4) is 0 Å². The van der Waals surface area contributed by atoms with Gasteiger partial charge in [0.1, 0.15) is 6.04 Å². The number of carboxylic acids is 1. The SMILES string of the molecule is O=C1NC(=O)C(c2ccc(C(=O)O)cc2SCc2ccccc2)N1. The Morgan fingerprint density at radius 2 is 1.88 bits per heavy atom. The topological polar surface area (TPSA) is 95.5 Å². The van der Waals surface area contributed by atoms with Gasteiger partial charge in [-0.25, -0.2) is 9.59 Å². The predicted molar refractivity (Wildman–Crippen MR) is 88.8 cm³/mol. The number of aromatic carboxylic acids is 1. The largest absolute Gasteiger partial charge is 0.478 e. The molecule has 0 saturated carbocycles. The van der Waals surface area contributed by atoms with E-state index in [4.69, 9.17) is 0 Å². The second-order valence-electron chi connectivity index (χ2n) is 5.23. The first-order valence-electron chi connectivity index (χ1n) is 7.20. The molecule has 3 amide bonds. The monoisotopic (exact) mass is 342 g/mol. The van der Waals surface area contributed by atoms with Crippen LogP contribution < -0.4 is 10.6 Å². The summed E-state index contributed by atoms with van der Waals surface area (Å²) in [5, 5.41) is 13.9. The van der Waals surface area contributed by atoms with Crippen LogP contribution in [0.25, 0.3) is 0 Å². The average molecular weight is 342 g/mol. The number of carbonyl (C=O) groups excluding carboxylic acids is 2. The van der Waals surface area contributed by atoms with Gasteiger partial charge >= 0.3 is 12.0 Å². The molecule has 6 nitrogen and oxygen atoms in total. The highest BCUT2D eigenvalue weighted by atomic mass is 32.2. The van der Waals surface area contributed by atoms with E-state index in [1.165, 1.54) is 23.9 Å². The molecule has 0 aliphatic carbocycles. The molecule has 0 spiro atoms. The summed E-state index contributed by atoms with van der Waals surface area (Å²) < 4.78 is 0. The molecule has 0 radical (unpaired) electrons. The first-order valence-corrected chi connectivity index (χ1v) is 8.18. The fourth-order valence-corrected chi connectivity index (χ4v) is 3.48. The predicted octanol–water partition coefficient (Wildman–Crippen LogP) is 2.56. The average Bonchev–Trinajstić information content (AvgIpc) is 2.91. The number of thioether (sulfide) groups is 1. The Balaban J connectivity index is 1.91. The summed E-state index contributed by atoms with van der Waals surface area (Å²) in [5.74, 6) is -0.855. The van der Waals surface area contributed by atoms with Crippen LogP contribution in [0.5, 0.6) is 0 Å². The van der Waals surface area contributed by atoms with Gasteiger partial charge in [0.15, 0.2) is 0 Å². The first-order chi connectivity index (χ1) is 11.5. The highest BCUT2D eigenvalue weighted by Crippen LogP contribution is 2.32. The maximum absolute atomic E-state index is 11.9. The second-order valence-corrected chi connectivity index (χ2v) is 6.24. The Hall–Kier alpha value is -2.80. The smallest absolute Gasteiger partial charge is 0.335 e. The zero-order valence-corrected chi connectivity index (χ0v) is 13.3. The van der Waals surface area contributed by atoms with Crippen molar-refractivity contribution in [3.8, 4) is 0 Å². The van der Waals surface area contributed by atoms with E-state index in [0.29, 0.717) is 16.2 Å². The van der Waals surface area contributed by atoms with Gasteiger partial charge in [-0.2, -0.15) is 0 Å². The van der Waals surface area contributed by atoms with E-state index in [2.05, 4.69) is 10.6 Å². The number of imide groups is 1. The van der Waals surface area contributed by atoms with Gasteiger partial charge in [-0.1, -0.05) is 36.4 Å². The Labute approximate surface area is 142 Å². The van der Waals surface area contributed by atoms with E-state index in [-0.39, 0.29) is 5.56 Å². The van der Waals surface area contributed by atoms with E-state index in [0.717, 1.165) is 5.56 Å². The summed E-state index contributed by atoms with van der Waals surface area (Å²) in [7, 11) is 0. The number of amides is 3. The zero-order chi connectivity index (χ0) is 17.1. The summed E-state index contributed by atoms with van der Waals surface area (Å²) in [4.78, 5) is 35.1. The third-order valence-corrected chi connectivity index (χ3v) is 4.73. The van der Waals surface area contributed by atoms with Crippen LogP contribution in [-0.2, 0) is 10.5 Å². The van der Waals surface area contributed by atoms with Crippen LogP contribution in [0, 0.1) is 0 Å². The van der Waals surface area contributed by atoms with Crippen molar-refractivity contribution < 1.29 is 19.5 Å². The maximum atomic E-state index is 11.9. The van der Waals surface area contributed by atoms with Crippen LogP contribution in [0.1, 0.15) is 27.5 Å². The van der Waals surface area contributed by atoms with Gasteiger partial charge in [0.05, 0.1) is 5.56 Å². The molecule has 2 aromatic rings. The lowest BCUT2D eigenvalue weighted by atomic mass is 10.0. The number of hydrogen-bond donors (Lipinski definition) is 3. The molecule has 1 atom stereocenters. The summed E-state index contributed by atoms with van der Waals surface area (Å²) in [6.07, 6.45) is 0. The fourth-order valence-electron chi connectivity index (χ4n) is 2.40. The number of hydrogen-bond acceptors (Lipinski definition) is 4. The number of urea groups is 1. The summed E-state index contributed by atoms with van der Waals surface area (Å²) in [5.41, 5.74) is 1.80. The van der Waals surface area contributed by atoms with Crippen molar-refractivity contribution in [2.75, 3.05) is 0 Å². The van der Waals surface area contributed by atoms with Crippen LogP contribution in [0.4, 0.5) is 4.79 Å². The lowest BCUT2D eigenvalue weighted by Gasteiger charge is -2.14. The molecule has 7 heteroatoms. The van der Waals surface area contributed by atoms with Crippen molar-refractivity contribution in [1.29, 1.82) is 0 Å². The van der Waals surface area contributed by atoms with Crippen molar-refractivity contribution in [2.45, 2.75) is 16.7 Å². The standard InChI is InChI=1S/C17H14N2O4S/c20-15-14(18-17(23)19-15)12-7-6-11(16(21)22)8-13(12)24-9-10-4-2-1-3-5-10/h1-8,14H,9H2,(H,21,22)(H2,18,19,20,23). The Kier molecular flexibility index (Phi) is 4.52. The lowest BCUT2D eigenvalue weighted by molar-refractivity contribution is -0.120. The molecule has 1 heterocycles. The van der Waals surface area contributed by atoms with Crippen molar-refractivity contribution in [3.05, 3.63) is 65.2 Å². The molecule has 1 aliphatic heterocycles. The van der Waals surface area contributed by atoms with E-state index < -0.39 is 23.9 Å². The number of benzene rings is 2. The summed E-state index contributed by atoms with van der Waals surface area (Å²) in [6, 6.07) is 12.9. The van der Waals surface area contributed by atoms with Crippen LogP contribution >= 0.6 is 11.8 Å². The number of carbonyl (C=O) groups is 3. The molecule has 3 rings (SSSR count). The molecule has 1 fully saturated rings. The van der Waals surface area contributed by atoms with Crippen LogP contribution in [0.2, 0.25) is 0 Å². The molecule has 3 N–H and O–H groups in total. The van der Waals surface area contributed by atoms with Crippen LogP contribution in [-0.4, -0.2) is 23.0 Å². The molecule has 1 saturated heterocycles. The van der Waals surface area contributed by atoms with E-state index >= 15 is 0 Å². The molecular weight excluding hydrogens is 328 g/mol. The summed E-state index contributed by atoms with van der Waals surface area (Å²) >= 11 is 1.43. The molecule has 1 unspecified atom stereocenters. The van der Waals surface area contributed by atoms with Gasteiger partial charge in [-0.3, -0.25) is 10.1 Å². The van der Waals surface area contributed by atoms with Crippen molar-refractivity contribution >= 4 is 29.7 Å². The molecule has 0 bridgehead atoms. The quantitative estimate of drug-likeness (QED) is 0.573. The third kappa shape index (κ3) is 3.41. The minimum absolute atomic E-state index is 0.138. The van der Waals surface area contributed by atoms with Crippen molar-refractivity contribution in [1.82, 2.24) is 10.6 Å². The molecule has 2 aromatic carbocycles. The van der Waals surface area contributed by atoms with Gasteiger partial charge in [-0.05, 0) is 23.3 Å². The zero-order valence-electron chi connectivity index (χ0n) is 12.5. The van der Waals surface area contributed by atoms with E-state index in [1.807, 2.05) is 30.3 Å². The van der Waals surface area contributed by atoms with Gasteiger partial charge in [0, 0.05) is 10.6 Å². The molecule has 0 aromatic heterocycles. The molecule has 1 aliphatic rings. The van der Waals surface area contributed by atoms with Crippen molar-refractivity contribution in [3.63, 3.8) is 0 Å². The lowest BCUT2D eigenvalue weighted by Crippen LogP contribution is -2.22. The van der Waals surface area contributed by atoms with Crippen LogP contribution in [0.15, 0.2) is 53.4 Å². The van der Waals surface area contributed by atoms with Gasteiger partial charge in [0.2, 0.25) is 0 Å². The number of rotatable bonds is 5. The normalized spacial score (nSPS) is 16.6. The summed E-state index contributed by atoms with van der Waals surface area (Å²) in [6.45, 7) is 0. The highest BCUT2D eigenvalue weighted by molar-refractivity contribution is 7.98. The Morgan fingerprint density at radius 3 is 2.50 bits per heavy atom. The van der Waals surface area contributed by atoms with Crippen molar-refractivity contribution in [2.24, 2.45) is 0 Å². The van der Waals surface area contributed by atoms with E-state index in [1.54, 1.807) is 6.07 Å². The Bertz CT molecular complexity index is 807. The van der Waals surface area contributed by atoms with Gasteiger partial charge in [0.25, 0.3) is 5.91 Å². The maximum Gasteiger partial charge on any atom is 0.335 e. The molecule has 122 valence electrons. The minimum atomic E-state index is -1.04. The third-order valence-electron chi connectivity index (χ3n) is 3.58. The minimum Gasteiger partial charge on any atom is -0.478 e. The van der Waals surface area contributed by atoms with E-state index in [9.17, 15) is 19.5 Å². The molecule has 24 heavy (non-hydrogen) atoms. The van der Waals surface area contributed by atoms with Gasteiger partial charge in [-0.15, -0.1) is 11.8 Å². The second kappa shape index (κ2) is 6.76. The van der Waals surface area contributed by atoms with Gasteiger partial charge < -0.3 is 10.4 Å². The molecular formula is C17H14N2O4S.